The fraction of sp³-hybridized carbons (Fsp3) is 0.0667. The van der Waals surface area contributed by atoms with Crippen molar-refractivity contribution in [2.24, 2.45) is 0 Å². The van der Waals surface area contributed by atoms with Crippen LogP contribution in [0.3, 0.4) is 0 Å². The number of methoxy groups -OCH3 is 1. The highest BCUT2D eigenvalue weighted by Gasteiger charge is 2.21. The van der Waals surface area contributed by atoms with Crippen LogP contribution in [0.5, 0.6) is 0 Å². The maximum atomic E-state index is 11.8. The molecule has 1 N–H and O–H groups in total. The van der Waals surface area contributed by atoms with Gasteiger partial charge in [-0.25, -0.2) is 9.59 Å². The van der Waals surface area contributed by atoms with Crippen LogP contribution in [0.25, 0.3) is 11.1 Å². The van der Waals surface area contributed by atoms with Crippen molar-refractivity contribution in [1.82, 2.24) is 0 Å². The van der Waals surface area contributed by atoms with Crippen LogP contribution < -0.4 is 0 Å². The lowest BCUT2D eigenvalue weighted by atomic mass is 9.95. The van der Waals surface area contributed by atoms with Crippen LogP contribution in [0.4, 0.5) is 0 Å². The highest BCUT2D eigenvalue weighted by Crippen LogP contribution is 2.27. The number of carboxylic acid groups (broad SMARTS) is 1. The van der Waals surface area contributed by atoms with E-state index in [9.17, 15) is 14.7 Å². The van der Waals surface area contributed by atoms with Crippen molar-refractivity contribution < 1.29 is 19.4 Å². The largest absolute Gasteiger partial charge is 0.478 e. The van der Waals surface area contributed by atoms with E-state index < -0.39 is 11.9 Å². The lowest BCUT2D eigenvalue weighted by Crippen LogP contribution is -2.11. The van der Waals surface area contributed by atoms with Crippen molar-refractivity contribution in [3.05, 3.63) is 59.7 Å². The average Bonchev–Trinajstić information content (AvgIpc) is 2.46. The van der Waals surface area contributed by atoms with Gasteiger partial charge in [0.2, 0.25) is 0 Å². The molecule has 0 bridgehead atoms. The first-order valence-electron chi connectivity index (χ1n) is 5.65. The second kappa shape index (κ2) is 5.35. The predicted octanol–water partition coefficient (Wildman–Crippen LogP) is 2.84. The van der Waals surface area contributed by atoms with Crippen LogP contribution in [-0.2, 0) is 4.74 Å². The normalized spacial score (nSPS) is 9.95. The minimum absolute atomic E-state index is 0.0618. The summed E-state index contributed by atoms with van der Waals surface area (Å²) in [5.41, 5.74) is 1.33. The molecule has 0 atom stereocenters. The molecular weight excluding hydrogens is 244 g/mol. The second-order valence-corrected chi connectivity index (χ2v) is 3.89. The zero-order chi connectivity index (χ0) is 13.8. The van der Waals surface area contributed by atoms with Gasteiger partial charge in [0.05, 0.1) is 18.2 Å². The van der Waals surface area contributed by atoms with Crippen molar-refractivity contribution in [1.29, 1.82) is 0 Å². The van der Waals surface area contributed by atoms with Gasteiger partial charge in [0.15, 0.2) is 0 Å². The number of rotatable bonds is 3. The quantitative estimate of drug-likeness (QED) is 0.858. The third-order valence-electron chi connectivity index (χ3n) is 2.77. The minimum atomic E-state index is -1.15. The van der Waals surface area contributed by atoms with Gasteiger partial charge in [-0.3, -0.25) is 0 Å². The van der Waals surface area contributed by atoms with E-state index in [2.05, 4.69) is 4.74 Å². The standard InChI is InChI=1S/C15H12O4/c1-19-15(18)13-11(10-6-3-2-4-7-10)8-5-9-12(13)14(16)17/h2-9H,1H3,(H,16,17). The number of esters is 1. The summed E-state index contributed by atoms with van der Waals surface area (Å²) in [5, 5.41) is 9.17. The molecule has 0 fully saturated rings. The Hall–Kier alpha value is -2.62. The molecule has 0 amide bonds. The van der Waals surface area contributed by atoms with E-state index in [4.69, 9.17) is 0 Å². The van der Waals surface area contributed by atoms with Gasteiger partial charge in [-0.15, -0.1) is 0 Å². The maximum Gasteiger partial charge on any atom is 0.339 e. The first-order valence-corrected chi connectivity index (χ1v) is 5.65. The van der Waals surface area contributed by atoms with E-state index in [0.717, 1.165) is 5.56 Å². The molecule has 2 aromatic rings. The highest BCUT2D eigenvalue weighted by atomic mass is 16.5. The van der Waals surface area contributed by atoms with E-state index in [0.29, 0.717) is 5.56 Å². The average molecular weight is 256 g/mol. The number of aromatic carboxylic acids is 1. The number of ether oxygens (including phenoxy) is 1. The summed E-state index contributed by atoms with van der Waals surface area (Å²) < 4.78 is 4.69. The van der Waals surface area contributed by atoms with Gasteiger partial charge in [-0.05, 0) is 17.2 Å². The lowest BCUT2D eigenvalue weighted by Gasteiger charge is -2.10. The molecule has 0 saturated heterocycles. The Kier molecular flexibility index (Phi) is 3.61. The molecule has 0 aromatic heterocycles. The Labute approximate surface area is 110 Å². The Bertz CT molecular complexity index is 617. The third kappa shape index (κ3) is 2.47. The molecule has 4 nitrogen and oxygen atoms in total. The molecule has 0 aliphatic rings. The first kappa shape index (κ1) is 12.8. The molecule has 19 heavy (non-hydrogen) atoms. The third-order valence-corrected chi connectivity index (χ3v) is 2.77. The second-order valence-electron chi connectivity index (χ2n) is 3.89. The van der Waals surface area contributed by atoms with Crippen LogP contribution in [0.15, 0.2) is 48.5 Å². The Balaban J connectivity index is 2.71. The molecule has 0 aliphatic heterocycles. The highest BCUT2D eigenvalue weighted by molar-refractivity contribution is 6.07. The smallest absolute Gasteiger partial charge is 0.339 e. The number of hydrogen-bond acceptors (Lipinski definition) is 3. The van der Waals surface area contributed by atoms with Crippen LogP contribution in [0, 0.1) is 0 Å². The number of carboxylic acids is 1. The fourth-order valence-corrected chi connectivity index (χ4v) is 1.91. The summed E-state index contributed by atoms with van der Waals surface area (Å²) in [5.74, 6) is -1.81. The first-order chi connectivity index (χ1) is 9.15. The molecule has 0 unspecified atom stereocenters. The molecule has 2 aromatic carbocycles. The van der Waals surface area contributed by atoms with Crippen LogP contribution >= 0.6 is 0 Å². The van der Waals surface area contributed by atoms with Gasteiger partial charge in [0.1, 0.15) is 0 Å². The predicted molar refractivity (Wildman–Crippen MR) is 70.2 cm³/mol. The summed E-state index contributed by atoms with van der Waals surface area (Å²) in [4.78, 5) is 23.1. The molecule has 96 valence electrons. The zero-order valence-electron chi connectivity index (χ0n) is 10.3. The number of hydrogen-bond donors (Lipinski definition) is 1. The van der Waals surface area contributed by atoms with Gasteiger partial charge in [0.25, 0.3) is 0 Å². The van der Waals surface area contributed by atoms with Crippen molar-refractivity contribution in [2.75, 3.05) is 7.11 Å². The van der Waals surface area contributed by atoms with E-state index in [1.807, 2.05) is 30.3 Å². The zero-order valence-corrected chi connectivity index (χ0v) is 10.3. The van der Waals surface area contributed by atoms with Gasteiger partial charge in [-0.2, -0.15) is 0 Å². The molecule has 0 radical (unpaired) electrons. The van der Waals surface area contributed by atoms with Crippen molar-refractivity contribution in [3.8, 4) is 11.1 Å². The SMILES string of the molecule is COC(=O)c1c(C(=O)O)cccc1-c1ccccc1. The number of carbonyl (C=O) groups is 2. The molecule has 4 heteroatoms. The van der Waals surface area contributed by atoms with Crippen molar-refractivity contribution >= 4 is 11.9 Å². The maximum absolute atomic E-state index is 11.8. The van der Waals surface area contributed by atoms with Gasteiger partial charge >= 0.3 is 11.9 Å². The summed E-state index contributed by atoms with van der Waals surface area (Å²) in [6.45, 7) is 0. The van der Waals surface area contributed by atoms with Gasteiger partial charge in [-0.1, -0.05) is 42.5 Å². The number of carbonyl (C=O) groups excluding carboxylic acids is 1. The summed E-state index contributed by atoms with van der Waals surface area (Å²) in [6, 6.07) is 13.8. The topological polar surface area (TPSA) is 63.6 Å². The fourth-order valence-electron chi connectivity index (χ4n) is 1.91. The lowest BCUT2D eigenvalue weighted by molar-refractivity contribution is 0.0583. The van der Waals surface area contributed by atoms with Crippen LogP contribution in [0.2, 0.25) is 0 Å². The van der Waals surface area contributed by atoms with E-state index in [-0.39, 0.29) is 11.1 Å². The van der Waals surface area contributed by atoms with E-state index in [1.165, 1.54) is 13.2 Å². The minimum Gasteiger partial charge on any atom is -0.478 e. The Morgan fingerprint density at radius 1 is 1.00 bits per heavy atom. The van der Waals surface area contributed by atoms with Crippen LogP contribution in [-0.4, -0.2) is 24.2 Å². The summed E-state index contributed by atoms with van der Waals surface area (Å²) in [6.07, 6.45) is 0. The van der Waals surface area contributed by atoms with Crippen molar-refractivity contribution in [3.63, 3.8) is 0 Å². The van der Waals surface area contributed by atoms with Gasteiger partial charge < -0.3 is 9.84 Å². The molecule has 2 rings (SSSR count). The Morgan fingerprint density at radius 2 is 1.68 bits per heavy atom. The molecule has 0 spiro atoms. The molecule has 0 saturated carbocycles. The van der Waals surface area contributed by atoms with Crippen molar-refractivity contribution in [2.45, 2.75) is 0 Å². The summed E-state index contributed by atoms with van der Waals surface area (Å²) >= 11 is 0. The Morgan fingerprint density at radius 3 is 2.26 bits per heavy atom. The molecule has 0 heterocycles. The van der Waals surface area contributed by atoms with E-state index >= 15 is 0 Å². The monoisotopic (exact) mass is 256 g/mol. The molecular formula is C15H12O4. The molecule has 0 aliphatic carbocycles. The van der Waals surface area contributed by atoms with Crippen LogP contribution in [0.1, 0.15) is 20.7 Å². The summed E-state index contributed by atoms with van der Waals surface area (Å²) in [7, 11) is 1.23. The number of benzene rings is 2. The van der Waals surface area contributed by atoms with Gasteiger partial charge in [0, 0.05) is 0 Å². The van der Waals surface area contributed by atoms with E-state index in [1.54, 1.807) is 12.1 Å².